The molecule has 21 heavy (non-hydrogen) atoms. The van der Waals surface area contributed by atoms with Crippen LogP contribution in [0.5, 0.6) is 0 Å². The smallest absolute Gasteiger partial charge is 0.223 e. The number of likely N-dealkylation sites (tertiary alicyclic amines) is 1. The SMILES string of the molecule is O=C1C[C@@H](/C(=N/O)c2ccccc2)CN1C1CCCCC1. The number of amides is 1. The van der Waals surface area contributed by atoms with Crippen molar-refractivity contribution in [3.63, 3.8) is 0 Å². The summed E-state index contributed by atoms with van der Waals surface area (Å²) in [5, 5.41) is 12.9. The van der Waals surface area contributed by atoms with E-state index in [0.717, 1.165) is 18.4 Å². The predicted molar refractivity (Wildman–Crippen MR) is 81.5 cm³/mol. The molecule has 2 aliphatic rings. The zero-order valence-electron chi connectivity index (χ0n) is 12.2. The highest BCUT2D eigenvalue weighted by Gasteiger charge is 2.37. The Morgan fingerprint density at radius 1 is 1.14 bits per heavy atom. The second-order valence-electron chi connectivity index (χ2n) is 6.09. The van der Waals surface area contributed by atoms with Gasteiger partial charge >= 0.3 is 0 Å². The van der Waals surface area contributed by atoms with Crippen molar-refractivity contribution in [2.45, 2.75) is 44.6 Å². The van der Waals surface area contributed by atoms with Crippen molar-refractivity contribution in [1.29, 1.82) is 0 Å². The van der Waals surface area contributed by atoms with Crippen molar-refractivity contribution in [3.8, 4) is 0 Å². The minimum absolute atomic E-state index is 0.00632. The molecule has 1 aliphatic carbocycles. The molecule has 0 aromatic heterocycles. The summed E-state index contributed by atoms with van der Waals surface area (Å²) in [4.78, 5) is 14.4. The lowest BCUT2D eigenvalue weighted by atomic mass is 9.94. The lowest BCUT2D eigenvalue weighted by Gasteiger charge is -2.31. The molecule has 1 saturated heterocycles. The summed E-state index contributed by atoms with van der Waals surface area (Å²) < 4.78 is 0. The summed E-state index contributed by atoms with van der Waals surface area (Å²) in [7, 11) is 0. The summed E-state index contributed by atoms with van der Waals surface area (Å²) in [5.41, 5.74) is 1.55. The average molecular weight is 286 g/mol. The number of hydrogen-bond acceptors (Lipinski definition) is 3. The molecule has 1 aromatic rings. The fourth-order valence-electron chi connectivity index (χ4n) is 3.64. The first-order valence-corrected chi connectivity index (χ1v) is 7.86. The Balaban J connectivity index is 1.74. The lowest BCUT2D eigenvalue weighted by molar-refractivity contribution is -0.130. The molecule has 4 nitrogen and oxygen atoms in total. The van der Waals surface area contributed by atoms with Gasteiger partial charge in [0, 0.05) is 24.9 Å². The number of carbonyl (C=O) groups excluding carboxylic acids is 1. The average Bonchev–Trinajstić information content (AvgIpc) is 2.92. The van der Waals surface area contributed by atoms with E-state index in [0.29, 0.717) is 24.7 Å². The second-order valence-corrected chi connectivity index (χ2v) is 6.09. The fourth-order valence-corrected chi connectivity index (χ4v) is 3.64. The van der Waals surface area contributed by atoms with Crippen molar-refractivity contribution in [1.82, 2.24) is 4.90 Å². The lowest BCUT2D eigenvalue weighted by Crippen LogP contribution is -2.38. The van der Waals surface area contributed by atoms with Gasteiger partial charge in [0.25, 0.3) is 0 Å². The molecule has 1 saturated carbocycles. The summed E-state index contributed by atoms with van der Waals surface area (Å²) in [6, 6.07) is 10.1. The van der Waals surface area contributed by atoms with Crippen molar-refractivity contribution in [2.24, 2.45) is 11.1 Å². The van der Waals surface area contributed by atoms with E-state index >= 15 is 0 Å². The first kappa shape index (κ1) is 14.1. The number of nitrogens with zero attached hydrogens (tertiary/aromatic N) is 2. The van der Waals surface area contributed by atoms with Gasteiger partial charge in [-0.3, -0.25) is 4.79 Å². The minimum Gasteiger partial charge on any atom is -0.411 e. The second kappa shape index (κ2) is 6.29. The van der Waals surface area contributed by atoms with Crippen LogP contribution in [0.4, 0.5) is 0 Å². The number of oxime groups is 1. The molecule has 0 bridgehead atoms. The van der Waals surface area contributed by atoms with Crippen molar-refractivity contribution in [2.75, 3.05) is 6.54 Å². The van der Waals surface area contributed by atoms with Crippen LogP contribution in [-0.2, 0) is 4.79 Å². The van der Waals surface area contributed by atoms with Gasteiger partial charge in [-0.1, -0.05) is 54.8 Å². The molecule has 0 unspecified atom stereocenters. The van der Waals surface area contributed by atoms with Crippen LogP contribution in [0.3, 0.4) is 0 Å². The van der Waals surface area contributed by atoms with Crippen molar-refractivity contribution < 1.29 is 10.0 Å². The zero-order chi connectivity index (χ0) is 14.7. The van der Waals surface area contributed by atoms with Crippen molar-refractivity contribution in [3.05, 3.63) is 35.9 Å². The van der Waals surface area contributed by atoms with Crippen LogP contribution in [0.1, 0.15) is 44.1 Å². The van der Waals surface area contributed by atoms with Crippen LogP contribution in [0.25, 0.3) is 0 Å². The maximum absolute atomic E-state index is 12.3. The van der Waals surface area contributed by atoms with Gasteiger partial charge in [-0.05, 0) is 18.4 Å². The van der Waals surface area contributed by atoms with Gasteiger partial charge < -0.3 is 10.1 Å². The van der Waals surface area contributed by atoms with Crippen molar-refractivity contribution >= 4 is 11.6 Å². The third kappa shape index (κ3) is 2.94. The van der Waals surface area contributed by atoms with E-state index in [4.69, 9.17) is 0 Å². The first-order chi connectivity index (χ1) is 10.3. The van der Waals surface area contributed by atoms with Gasteiger partial charge in [0.2, 0.25) is 5.91 Å². The molecule has 1 atom stereocenters. The molecule has 1 heterocycles. The Hall–Kier alpha value is -1.84. The topological polar surface area (TPSA) is 52.9 Å². The van der Waals surface area contributed by atoms with E-state index in [2.05, 4.69) is 5.16 Å². The molecule has 0 spiro atoms. The maximum atomic E-state index is 12.3. The standard InChI is InChI=1S/C17H22N2O2/c20-16-11-14(12-19(16)15-9-5-2-6-10-15)17(18-21)13-7-3-1-4-8-13/h1,3-4,7-8,14-15,21H,2,5-6,9-12H2/b18-17+/t14-/m1/s1. The summed E-state index contributed by atoms with van der Waals surface area (Å²) in [6.45, 7) is 0.692. The highest BCUT2D eigenvalue weighted by atomic mass is 16.4. The minimum atomic E-state index is 0.00632. The fraction of sp³-hybridized carbons (Fsp3) is 0.529. The molecular weight excluding hydrogens is 264 g/mol. The molecule has 1 aliphatic heterocycles. The quantitative estimate of drug-likeness (QED) is 0.527. The summed E-state index contributed by atoms with van der Waals surface area (Å²) in [6.07, 6.45) is 6.43. The maximum Gasteiger partial charge on any atom is 0.223 e. The highest BCUT2D eigenvalue weighted by molar-refractivity contribution is 6.04. The molecule has 2 fully saturated rings. The molecule has 1 N–H and O–H groups in total. The number of carbonyl (C=O) groups is 1. The Kier molecular flexibility index (Phi) is 4.23. The van der Waals surface area contributed by atoms with Gasteiger partial charge in [0.1, 0.15) is 0 Å². The largest absolute Gasteiger partial charge is 0.411 e. The summed E-state index contributed by atoms with van der Waals surface area (Å²) in [5.74, 6) is 0.218. The number of hydrogen-bond donors (Lipinski definition) is 1. The monoisotopic (exact) mass is 286 g/mol. The third-order valence-electron chi connectivity index (χ3n) is 4.74. The zero-order valence-corrected chi connectivity index (χ0v) is 12.2. The number of benzene rings is 1. The van der Waals surface area contributed by atoms with Crippen LogP contribution >= 0.6 is 0 Å². The van der Waals surface area contributed by atoms with E-state index < -0.39 is 0 Å². The van der Waals surface area contributed by atoms with E-state index in [1.165, 1.54) is 19.3 Å². The third-order valence-corrected chi connectivity index (χ3v) is 4.74. The molecule has 1 amide bonds. The van der Waals surface area contributed by atoms with E-state index in [1.807, 2.05) is 35.2 Å². The van der Waals surface area contributed by atoms with Gasteiger partial charge in [-0.15, -0.1) is 0 Å². The Bertz CT molecular complexity index is 521. The summed E-state index contributed by atoms with van der Waals surface area (Å²) >= 11 is 0. The highest BCUT2D eigenvalue weighted by Crippen LogP contribution is 2.30. The van der Waals surface area contributed by atoms with Gasteiger partial charge in [-0.2, -0.15) is 0 Å². The number of rotatable bonds is 3. The molecule has 0 radical (unpaired) electrons. The van der Waals surface area contributed by atoms with Crippen LogP contribution in [-0.4, -0.2) is 34.3 Å². The Labute approximate surface area is 125 Å². The van der Waals surface area contributed by atoms with E-state index in [1.54, 1.807) is 0 Å². The van der Waals surface area contributed by atoms with Crippen LogP contribution in [0, 0.1) is 5.92 Å². The van der Waals surface area contributed by atoms with Crippen LogP contribution < -0.4 is 0 Å². The molecule has 112 valence electrons. The molecule has 3 rings (SSSR count). The van der Waals surface area contributed by atoms with Crippen LogP contribution in [0.15, 0.2) is 35.5 Å². The molecule has 4 heteroatoms. The molecule has 1 aromatic carbocycles. The van der Waals surface area contributed by atoms with Gasteiger partial charge in [0.05, 0.1) is 5.71 Å². The van der Waals surface area contributed by atoms with E-state index in [9.17, 15) is 10.0 Å². The van der Waals surface area contributed by atoms with Crippen LogP contribution in [0.2, 0.25) is 0 Å². The predicted octanol–water partition coefficient (Wildman–Crippen LogP) is 3.05. The Morgan fingerprint density at radius 3 is 2.52 bits per heavy atom. The molecular formula is C17H22N2O2. The first-order valence-electron chi connectivity index (χ1n) is 7.86. The Morgan fingerprint density at radius 2 is 1.86 bits per heavy atom. The van der Waals surface area contributed by atoms with Gasteiger partial charge in [-0.25, -0.2) is 0 Å². The van der Waals surface area contributed by atoms with Gasteiger partial charge in [0.15, 0.2) is 0 Å². The van der Waals surface area contributed by atoms with E-state index in [-0.39, 0.29) is 11.8 Å². The normalized spacial score (nSPS) is 24.6.